The summed E-state index contributed by atoms with van der Waals surface area (Å²) in [6, 6.07) is 10.7. The van der Waals surface area contributed by atoms with E-state index in [-0.39, 0.29) is 5.56 Å². The number of fused-ring (bicyclic) bond motifs is 2. The highest BCUT2D eigenvalue weighted by Gasteiger charge is 2.22. The lowest BCUT2D eigenvalue weighted by Gasteiger charge is -2.18. The number of ether oxygens (including phenoxy) is 1. The Morgan fingerprint density at radius 3 is 2.79 bits per heavy atom. The highest BCUT2D eigenvalue weighted by atomic mass is 19.1. The molecule has 2 heterocycles. The fourth-order valence-electron chi connectivity index (χ4n) is 4.35. The van der Waals surface area contributed by atoms with Crippen molar-refractivity contribution in [2.24, 2.45) is 0 Å². The van der Waals surface area contributed by atoms with Gasteiger partial charge >= 0.3 is 0 Å². The highest BCUT2D eigenvalue weighted by molar-refractivity contribution is 5.87. The first-order valence-electron chi connectivity index (χ1n) is 11.6. The van der Waals surface area contributed by atoms with Gasteiger partial charge in [-0.1, -0.05) is 32.0 Å². The third-order valence-electron chi connectivity index (χ3n) is 6.26. The Hall–Kier alpha value is -3.19. The van der Waals surface area contributed by atoms with Gasteiger partial charge in [0.25, 0.3) is 5.56 Å². The number of allylic oxidation sites excluding steroid dienone is 1. The van der Waals surface area contributed by atoms with Crippen molar-refractivity contribution in [1.29, 1.82) is 0 Å². The van der Waals surface area contributed by atoms with Gasteiger partial charge in [0, 0.05) is 18.7 Å². The second-order valence-corrected chi connectivity index (χ2v) is 8.21. The van der Waals surface area contributed by atoms with Gasteiger partial charge in [-0.2, -0.15) is 0 Å². The smallest absolute Gasteiger partial charge is 0.261 e. The summed E-state index contributed by atoms with van der Waals surface area (Å²) in [7, 11) is 1.64. The molecule has 3 aromatic rings. The average molecular weight is 451 g/mol. The molecule has 1 aliphatic heterocycles. The van der Waals surface area contributed by atoms with E-state index in [0.717, 1.165) is 42.9 Å². The lowest BCUT2D eigenvalue weighted by atomic mass is 10.1. The minimum atomic E-state index is -0.424. The maximum atomic E-state index is 14.7. The van der Waals surface area contributed by atoms with E-state index in [0.29, 0.717) is 41.9 Å². The molecule has 0 spiro atoms. The topological polar surface area (TPSA) is 59.4 Å². The van der Waals surface area contributed by atoms with Gasteiger partial charge in [0.2, 0.25) is 0 Å². The molecular weight excluding hydrogens is 419 g/mol. The molecule has 4 rings (SSSR count). The van der Waals surface area contributed by atoms with Gasteiger partial charge in [0.05, 0.1) is 23.7 Å². The number of aromatic nitrogens is 2. The number of nitrogens with one attached hydrogen (secondary N) is 1. The Labute approximate surface area is 193 Å². The van der Waals surface area contributed by atoms with E-state index in [2.05, 4.69) is 24.1 Å². The van der Waals surface area contributed by atoms with E-state index in [1.165, 1.54) is 6.07 Å². The van der Waals surface area contributed by atoms with Crippen molar-refractivity contribution in [3.05, 3.63) is 64.0 Å². The minimum Gasteiger partial charge on any atom is -0.496 e. The zero-order valence-electron chi connectivity index (χ0n) is 19.5. The quantitative estimate of drug-likeness (QED) is 0.482. The van der Waals surface area contributed by atoms with E-state index in [9.17, 15) is 9.18 Å². The van der Waals surface area contributed by atoms with Crippen LogP contribution in [0.1, 0.15) is 38.1 Å². The second kappa shape index (κ2) is 10.2. The largest absolute Gasteiger partial charge is 0.496 e. The van der Waals surface area contributed by atoms with Crippen molar-refractivity contribution in [3.8, 4) is 5.75 Å². The molecule has 0 bridgehead atoms. The van der Waals surface area contributed by atoms with Crippen LogP contribution in [-0.4, -0.2) is 47.7 Å². The van der Waals surface area contributed by atoms with E-state index < -0.39 is 5.82 Å². The Kier molecular flexibility index (Phi) is 7.08. The number of halogens is 1. The van der Waals surface area contributed by atoms with Gasteiger partial charge in [-0.05, 0) is 62.3 Å². The molecule has 0 fully saturated rings. The lowest BCUT2D eigenvalue weighted by Crippen LogP contribution is -2.25. The van der Waals surface area contributed by atoms with Crippen LogP contribution in [0, 0.1) is 5.82 Å². The maximum absolute atomic E-state index is 14.7. The second-order valence-electron chi connectivity index (χ2n) is 8.21. The van der Waals surface area contributed by atoms with Gasteiger partial charge in [0.1, 0.15) is 17.4 Å². The summed E-state index contributed by atoms with van der Waals surface area (Å²) >= 11 is 0. The van der Waals surface area contributed by atoms with Crippen LogP contribution in [-0.2, 0) is 6.54 Å². The zero-order chi connectivity index (χ0) is 23.4. The molecule has 0 aliphatic carbocycles. The third kappa shape index (κ3) is 4.78. The molecule has 1 aromatic heterocycles. The van der Waals surface area contributed by atoms with Crippen molar-refractivity contribution in [1.82, 2.24) is 14.5 Å². The van der Waals surface area contributed by atoms with Gasteiger partial charge in [-0.3, -0.25) is 9.36 Å². The lowest BCUT2D eigenvalue weighted by molar-refractivity contribution is 0.303. The molecule has 174 valence electrons. The zero-order valence-corrected chi connectivity index (χ0v) is 19.5. The molecule has 0 saturated heterocycles. The summed E-state index contributed by atoms with van der Waals surface area (Å²) in [5.74, 6) is 0.981. The van der Waals surface area contributed by atoms with Crippen LogP contribution in [0.3, 0.4) is 0 Å². The molecule has 1 N–H and O–H groups in total. The molecule has 0 atom stereocenters. The predicted octanol–water partition coefficient (Wildman–Crippen LogP) is 4.63. The minimum absolute atomic E-state index is 0.203. The van der Waals surface area contributed by atoms with Gasteiger partial charge < -0.3 is 15.0 Å². The summed E-state index contributed by atoms with van der Waals surface area (Å²) in [4.78, 5) is 20.2. The molecule has 33 heavy (non-hydrogen) atoms. The maximum Gasteiger partial charge on any atom is 0.261 e. The van der Waals surface area contributed by atoms with Crippen LogP contribution >= 0.6 is 0 Å². The number of methoxy groups -OCH3 is 1. The van der Waals surface area contributed by atoms with Crippen molar-refractivity contribution in [2.45, 2.75) is 33.2 Å². The van der Waals surface area contributed by atoms with Crippen molar-refractivity contribution in [3.63, 3.8) is 0 Å². The summed E-state index contributed by atoms with van der Waals surface area (Å²) in [6.07, 6.45) is 3.62. The molecule has 0 unspecified atom stereocenters. The van der Waals surface area contributed by atoms with Crippen LogP contribution < -0.4 is 15.6 Å². The number of hydrogen-bond acceptors (Lipinski definition) is 5. The average Bonchev–Trinajstić information content (AvgIpc) is 3.23. The SMILES string of the molecule is CCN(CC)CCCNc1cc2nc3n(c(=O)c2cc1F)CC/C3=C\c1ccccc1OC. The molecule has 0 amide bonds. The first-order chi connectivity index (χ1) is 16.0. The Balaban J connectivity index is 1.64. The Bertz CT molecular complexity index is 1230. The van der Waals surface area contributed by atoms with E-state index in [1.54, 1.807) is 17.7 Å². The Morgan fingerprint density at radius 2 is 2.03 bits per heavy atom. The molecule has 2 aromatic carbocycles. The van der Waals surface area contributed by atoms with Crippen molar-refractivity contribution in [2.75, 3.05) is 38.6 Å². The first-order valence-corrected chi connectivity index (χ1v) is 11.6. The van der Waals surface area contributed by atoms with E-state index >= 15 is 0 Å². The van der Waals surface area contributed by atoms with Crippen LogP contribution in [0.5, 0.6) is 5.75 Å². The Morgan fingerprint density at radius 1 is 1.24 bits per heavy atom. The third-order valence-corrected chi connectivity index (χ3v) is 6.26. The fourth-order valence-corrected chi connectivity index (χ4v) is 4.35. The van der Waals surface area contributed by atoms with Crippen LogP contribution in [0.2, 0.25) is 0 Å². The number of anilines is 1. The summed E-state index contributed by atoms with van der Waals surface area (Å²) < 4.78 is 21.8. The van der Waals surface area contributed by atoms with E-state index in [1.807, 2.05) is 30.3 Å². The van der Waals surface area contributed by atoms with Gasteiger partial charge in [-0.15, -0.1) is 0 Å². The summed E-state index contributed by atoms with van der Waals surface area (Å²) in [5.41, 5.74) is 2.59. The molecule has 1 aliphatic rings. The van der Waals surface area contributed by atoms with Crippen LogP contribution in [0.25, 0.3) is 22.6 Å². The number of para-hydroxylation sites is 1. The van der Waals surface area contributed by atoms with Crippen LogP contribution in [0.4, 0.5) is 10.1 Å². The normalized spacial score (nSPS) is 14.3. The number of nitrogens with zero attached hydrogens (tertiary/aromatic N) is 3. The molecule has 7 heteroatoms. The number of hydrogen-bond donors (Lipinski definition) is 1. The van der Waals surface area contributed by atoms with Crippen molar-refractivity contribution < 1.29 is 9.13 Å². The van der Waals surface area contributed by atoms with Gasteiger partial charge in [-0.25, -0.2) is 9.37 Å². The molecule has 0 saturated carbocycles. The number of benzene rings is 2. The monoisotopic (exact) mass is 450 g/mol. The molecular formula is C26H31FN4O2. The van der Waals surface area contributed by atoms with Crippen LogP contribution in [0.15, 0.2) is 41.2 Å². The van der Waals surface area contributed by atoms with Crippen molar-refractivity contribution >= 4 is 28.2 Å². The highest BCUT2D eigenvalue weighted by Crippen LogP contribution is 2.31. The fraction of sp³-hybridized carbons (Fsp3) is 0.385. The first kappa shape index (κ1) is 23.0. The predicted molar refractivity (Wildman–Crippen MR) is 132 cm³/mol. The molecule has 0 radical (unpaired) electrons. The summed E-state index contributed by atoms with van der Waals surface area (Å²) in [5, 5.41) is 3.49. The number of rotatable bonds is 9. The van der Waals surface area contributed by atoms with Gasteiger partial charge in [0.15, 0.2) is 0 Å². The summed E-state index contributed by atoms with van der Waals surface area (Å²) in [6.45, 7) is 8.43. The standard InChI is InChI=1S/C26H31FN4O2/c1-4-30(5-2)13-8-12-28-23-17-22-20(16-21(23)27)26(32)31-14-11-19(25(31)29-22)15-18-9-6-7-10-24(18)33-3/h6-7,9-10,15-17,28H,4-5,8,11-14H2,1-3H3/b19-15+. The molecule has 6 nitrogen and oxygen atoms in total. The van der Waals surface area contributed by atoms with E-state index in [4.69, 9.17) is 9.72 Å².